The van der Waals surface area contributed by atoms with E-state index in [4.69, 9.17) is 11.0 Å². The third-order valence-electron chi connectivity index (χ3n) is 3.80. The second kappa shape index (κ2) is 8.27. The van der Waals surface area contributed by atoms with Gasteiger partial charge in [0.1, 0.15) is 0 Å². The van der Waals surface area contributed by atoms with Gasteiger partial charge in [-0.05, 0) is 37.2 Å². The molecular formula is C16H21N5O2. The van der Waals surface area contributed by atoms with Crippen molar-refractivity contribution in [2.75, 3.05) is 32.7 Å². The van der Waals surface area contributed by atoms with Gasteiger partial charge >= 0.3 is 6.03 Å². The van der Waals surface area contributed by atoms with Crippen molar-refractivity contribution in [3.63, 3.8) is 0 Å². The number of hydrogen-bond acceptors (Lipinski definition) is 5. The molecule has 1 fully saturated rings. The van der Waals surface area contributed by atoms with Crippen LogP contribution in [0.2, 0.25) is 0 Å². The number of rotatable bonds is 4. The van der Waals surface area contributed by atoms with Crippen LogP contribution in [0.25, 0.3) is 0 Å². The molecule has 0 bridgehead atoms. The number of amides is 3. The highest BCUT2D eigenvalue weighted by atomic mass is 16.2. The van der Waals surface area contributed by atoms with Gasteiger partial charge < -0.3 is 5.73 Å². The Kier molecular flexibility index (Phi) is 6.09. The summed E-state index contributed by atoms with van der Waals surface area (Å²) in [5.41, 5.74) is 6.77. The van der Waals surface area contributed by atoms with Crippen LogP contribution in [-0.2, 0) is 11.3 Å². The van der Waals surface area contributed by atoms with Crippen molar-refractivity contribution in [1.29, 1.82) is 5.26 Å². The van der Waals surface area contributed by atoms with E-state index in [2.05, 4.69) is 16.3 Å². The first-order valence-electron chi connectivity index (χ1n) is 7.60. The minimum Gasteiger partial charge on any atom is -0.351 e. The topological polar surface area (TPSA) is 102 Å². The Balaban J connectivity index is 1.82. The summed E-state index contributed by atoms with van der Waals surface area (Å²) >= 11 is 0. The predicted octanol–water partition coefficient (Wildman–Crippen LogP) is 0.261. The largest absolute Gasteiger partial charge is 0.351 e. The quantitative estimate of drug-likeness (QED) is 0.830. The van der Waals surface area contributed by atoms with Crippen LogP contribution in [0.4, 0.5) is 4.79 Å². The van der Waals surface area contributed by atoms with Gasteiger partial charge in [0.2, 0.25) is 5.91 Å². The number of urea groups is 1. The maximum Gasteiger partial charge on any atom is 0.318 e. The molecule has 0 atom stereocenters. The molecule has 1 aromatic rings. The second-order valence-corrected chi connectivity index (χ2v) is 5.63. The highest BCUT2D eigenvalue weighted by Gasteiger charge is 2.17. The van der Waals surface area contributed by atoms with Crippen molar-refractivity contribution < 1.29 is 9.59 Å². The van der Waals surface area contributed by atoms with E-state index in [-0.39, 0.29) is 12.5 Å². The molecular weight excluding hydrogens is 294 g/mol. The lowest BCUT2D eigenvalue weighted by atomic mass is 10.1. The van der Waals surface area contributed by atoms with Crippen molar-refractivity contribution in [3.8, 4) is 6.07 Å². The fourth-order valence-electron chi connectivity index (χ4n) is 2.66. The lowest BCUT2D eigenvalue weighted by molar-refractivity contribution is -0.121. The van der Waals surface area contributed by atoms with Gasteiger partial charge in [-0.2, -0.15) is 5.26 Å². The van der Waals surface area contributed by atoms with Crippen LogP contribution in [0.5, 0.6) is 0 Å². The number of nitrogens with zero attached hydrogens (tertiary/aromatic N) is 3. The maximum atomic E-state index is 11.6. The lowest BCUT2D eigenvalue weighted by Gasteiger charge is -2.21. The number of benzene rings is 1. The normalized spacial score (nSPS) is 16.3. The molecule has 7 heteroatoms. The van der Waals surface area contributed by atoms with Crippen LogP contribution in [0.1, 0.15) is 17.5 Å². The third-order valence-corrected chi connectivity index (χ3v) is 3.80. The maximum absolute atomic E-state index is 11.6. The van der Waals surface area contributed by atoms with Gasteiger partial charge in [-0.25, -0.2) is 4.79 Å². The van der Waals surface area contributed by atoms with Crippen LogP contribution in [-0.4, -0.2) is 54.5 Å². The number of primary amides is 1. The van der Waals surface area contributed by atoms with E-state index in [0.29, 0.717) is 5.56 Å². The van der Waals surface area contributed by atoms with Crippen LogP contribution >= 0.6 is 0 Å². The fraction of sp³-hybridized carbons (Fsp3) is 0.438. The highest BCUT2D eigenvalue weighted by Crippen LogP contribution is 2.10. The summed E-state index contributed by atoms with van der Waals surface area (Å²) in [6.07, 6.45) is 0.958. The minimum absolute atomic E-state index is 0.188. The Morgan fingerprint density at radius 2 is 1.78 bits per heavy atom. The molecule has 0 aromatic heterocycles. The van der Waals surface area contributed by atoms with E-state index in [1.165, 1.54) is 5.56 Å². The van der Waals surface area contributed by atoms with Gasteiger partial charge in [0.25, 0.3) is 0 Å². The van der Waals surface area contributed by atoms with Gasteiger partial charge in [0, 0.05) is 19.6 Å². The molecule has 3 N–H and O–H groups in total. The number of imide groups is 1. The number of nitrogens with one attached hydrogen (secondary N) is 1. The molecule has 1 aliphatic rings. The lowest BCUT2D eigenvalue weighted by Crippen LogP contribution is -2.43. The van der Waals surface area contributed by atoms with Crippen molar-refractivity contribution in [1.82, 2.24) is 15.1 Å². The molecule has 3 amide bonds. The zero-order chi connectivity index (χ0) is 16.7. The summed E-state index contributed by atoms with van der Waals surface area (Å²) in [6.45, 7) is 4.40. The van der Waals surface area contributed by atoms with Crippen molar-refractivity contribution >= 4 is 11.9 Å². The van der Waals surface area contributed by atoms with E-state index >= 15 is 0 Å². The molecule has 0 unspecified atom stereocenters. The number of nitriles is 1. The van der Waals surface area contributed by atoms with Crippen LogP contribution in [0.15, 0.2) is 24.3 Å². The van der Waals surface area contributed by atoms with E-state index in [9.17, 15) is 9.59 Å². The molecule has 0 aliphatic carbocycles. The molecule has 23 heavy (non-hydrogen) atoms. The predicted molar refractivity (Wildman–Crippen MR) is 85.2 cm³/mol. The molecule has 1 aromatic carbocycles. The highest BCUT2D eigenvalue weighted by molar-refractivity contribution is 5.94. The zero-order valence-electron chi connectivity index (χ0n) is 13.0. The number of carbonyl (C=O) groups excluding carboxylic acids is 2. The van der Waals surface area contributed by atoms with Crippen LogP contribution in [0.3, 0.4) is 0 Å². The third kappa shape index (κ3) is 5.70. The molecule has 7 nitrogen and oxygen atoms in total. The standard InChI is InChI=1S/C16H21N5O2/c17-10-13-2-4-14(5-3-13)11-20-6-1-7-21(9-8-20)12-15(22)19-16(18)23/h2-5H,1,6-9,11-12H2,(H3,18,19,22,23). The Morgan fingerprint density at radius 3 is 2.43 bits per heavy atom. The Labute approximate surface area is 135 Å². The van der Waals surface area contributed by atoms with E-state index in [0.717, 1.165) is 39.1 Å². The molecule has 1 aliphatic heterocycles. The van der Waals surface area contributed by atoms with Gasteiger partial charge in [-0.15, -0.1) is 0 Å². The van der Waals surface area contributed by atoms with E-state index < -0.39 is 6.03 Å². The van der Waals surface area contributed by atoms with Crippen molar-refractivity contribution in [2.24, 2.45) is 5.73 Å². The van der Waals surface area contributed by atoms with Gasteiger partial charge in [0.15, 0.2) is 0 Å². The Hall–Kier alpha value is -2.43. The van der Waals surface area contributed by atoms with Gasteiger partial charge in [0.05, 0.1) is 18.2 Å². The Morgan fingerprint density at radius 1 is 1.13 bits per heavy atom. The van der Waals surface area contributed by atoms with Gasteiger partial charge in [-0.3, -0.25) is 19.9 Å². The molecule has 0 saturated carbocycles. The second-order valence-electron chi connectivity index (χ2n) is 5.63. The summed E-state index contributed by atoms with van der Waals surface area (Å²) in [5, 5.41) is 10.9. The first-order valence-corrected chi connectivity index (χ1v) is 7.60. The Bertz CT molecular complexity index is 593. The first-order chi connectivity index (χ1) is 11.1. The number of carbonyl (C=O) groups is 2. The molecule has 1 heterocycles. The monoisotopic (exact) mass is 315 g/mol. The molecule has 1 saturated heterocycles. The van der Waals surface area contributed by atoms with Crippen LogP contribution < -0.4 is 11.1 Å². The van der Waals surface area contributed by atoms with Gasteiger partial charge in [-0.1, -0.05) is 12.1 Å². The summed E-state index contributed by atoms with van der Waals surface area (Å²) in [6, 6.07) is 8.90. The average Bonchev–Trinajstić information content (AvgIpc) is 2.73. The average molecular weight is 315 g/mol. The number of hydrogen-bond donors (Lipinski definition) is 2. The summed E-state index contributed by atoms with van der Waals surface area (Å²) in [5.74, 6) is -0.363. The molecule has 0 radical (unpaired) electrons. The summed E-state index contributed by atoms with van der Waals surface area (Å²) in [4.78, 5) is 26.6. The van der Waals surface area contributed by atoms with E-state index in [1.54, 1.807) is 0 Å². The van der Waals surface area contributed by atoms with Crippen molar-refractivity contribution in [3.05, 3.63) is 35.4 Å². The number of nitrogens with two attached hydrogens (primary N) is 1. The fourth-order valence-corrected chi connectivity index (χ4v) is 2.66. The SMILES string of the molecule is N#Cc1ccc(CN2CCCN(CC(=O)NC(N)=O)CC2)cc1. The van der Waals surface area contributed by atoms with Crippen LogP contribution in [0, 0.1) is 11.3 Å². The summed E-state index contributed by atoms with van der Waals surface area (Å²) < 4.78 is 0. The summed E-state index contributed by atoms with van der Waals surface area (Å²) in [7, 11) is 0. The van der Waals surface area contributed by atoms with Crippen molar-refractivity contribution in [2.45, 2.75) is 13.0 Å². The smallest absolute Gasteiger partial charge is 0.318 e. The zero-order valence-corrected chi connectivity index (χ0v) is 13.0. The van der Waals surface area contributed by atoms with E-state index in [1.807, 2.05) is 29.2 Å². The minimum atomic E-state index is -0.813. The molecule has 122 valence electrons. The first kappa shape index (κ1) is 16.9. The molecule has 0 spiro atoms. The molecule has 2 rings (SSSR count).